The van der Waals surface area contributed by atoms with Crippen LogP contribution < -0.4 is 0 Å². The van der Waals surface area contributed by atoms with Gasteiger partial charge < -0.3 is 5.11 Å². The van der Waals surface area contributed by atoms with Crippen molar-refractivity contribution < 1.29 is 5.11 Å². The smallest absolute Gasteiger partial charge is 0.127 e. The molecule has 0 aliphatic carbocycles. The SMILES string of the molecule is CCN(CC)C(C#N)c1cc(C)ccc1O. The maximum atomic E-state index is 9.80. The summed E-state index contributed by atoms with van der Waals surface area (Å²) in [5, 5.41) is 19.0. The van der Waals surface area contributed by atoms with Crippen LogP contribution in [-0.4, -0.2) is 23.1 Å². The zero-order chi connectivity index (χ0) is 12.1. The summed E-state index contributed by atoms with van der Waals surface area (Å²) in [5.74, 6) is 0.198. The van der Waals surface area contributed by atoms with Gasteiger partial charge >= 0.3 is 0 Å². The fourth-order valence-corrected chi connectivity index (χ4v) is 1.83. The second-order valence-corrected chi connectivity index (χ2v) is 3.82. The van der Waals surface area contributed by atoms with Crippen LogP contribution in [0.25, 0.3) is 0 Å². The van der Waals surface area contributed by atoms with E-state index in [0.717, 1.165) is 18.7 Å². The summed E-state index contributed by atoms with van der Waals surface area (Å²) in [6, 6.07) is 7.26. The quantitative estimate of drug-likeness (QED) is 0.845. The molecule has 1 aromatic rings. The summed E-state index contributed by atoms with van der Waals surface area (Å²) >= 11 is 0. The topological polar surface area (TPSA) is 47.3 Å². The summed E-state index contributed by atoms with van der Waals surface area (Å²) in [4.78, 5) is 2.02. The summed E-state index contributed by atoms with van der Waals surface area (Å²) in [5.41, 5.74) is 1.76. The first-order valence-corrected chi connectivity index (χ1v) is 5.57. The number of nitrogens with zero attached hydrogens (tertiary/aromatic N) is 2. The molecule has 1 rings (SSSR count). The third-order valence-electron chi connectivity index (χ3n) is 2.78. The Hall–Kier alpha value is -1.53. The molecule has 0 radical (unpaired) electrons. The molecule has 3 heteroatoms. The highest BCUT2D eigenvalue weighted by Crippen LogP contribution is 2.28. The standard InChI is InChI=1S/C13H18N2O/c1-4-15(5-2)12(9-14)11-8-10(3)6-7-13(11)16/h6-8,12,16H,4-5H2,1-3H3. The second-order valence-electron chi connectivity index (χ2n) is 3.82. The van der Waals surface area contributed by atoms with E-state index in [1.807, 2.05) is 37.8 Å². The predicted molar refractivity (Wildman–Crippen MR) is 64.1 cm³/mol. The molecule has 16 heavy (non-hydrogen) atoms. The van der Waals surface area contributed by atoms with Crippen LogP contribution in [0.4, 0.5) is 0 Å². The van der Waals surface area contributed by atoms with Crippen molar-refractivity contribution in [1.82, 2.24) is 4.90 Å². The van der Waals surface area contributed by atoms with Gasteiger partial charge in [-0.2, -0.15) is 5.26 Å². The molecule has 0 fully saturated rings. The Balaban J connectivity index is 3.13. The van der Waals surface area contributed by atoms with Gasteiger partial charge in [-0.1, -0.05) is 25.5 Å². The van der Waals surface area contributed by atoms with Crippen LogP contribution >= 0.6 is 0 Å². The van der Waals surface area contributed by atoms with Gasteiger partial charge in [-0.25, -0.2) is 0 Å². The number of benzene rings is 1. The Bertz CT molecular complexity index is 391. The molecule has 1 atom stereocenters. The van der Waals surface area contributed by atoms with E-state index >= 15 is 0 Å². The second kappa shape index (κ2) is 5.53. The molecule has 0 amide bonds. The molecule has 1 unspecified atom stereocenters. The zero-order valence-corrected chi connectivity index (χ0v) is 10.1. The van der Waals surface area contributed by atoms with Crippen LogP contribution in [0.1, 0.15) is 31.0 Å². The molecule has 0 bridgehead atoms. The fraction of sp³-hybridized carbons (Fsp3) is 0.462. The minimum absolute atomic E-state index is 0.198. The molecular formula is C13H18N2O. The van der Waals surface area contributed by atoms with Gasteiger partial charge in [-0.3, -0.25) is 4.90 Å². The Morgan fingerprint density at radius 1 is 1.38 bits per heavy atom. The Morgan fingerprint density at radius 2 is 2.00 bits per heavy atom. The van der Waals surface area contributed by atoms with E-state index in [4.69, 9.17) is 0 Å². The monoisotopic (exact) mass is 218 g/mol. The van der Waals surface area contributed by atoms with E-state index in [2.05, 4.69) is 6.07 Å². The van der Waals surface area contributed by atoms with Crippen molar-refractivity contribution in [3.05, 3.63) is 29.3 Å². The van der Waals surface area contributed by atoms with E-state index < -0.39 is 0 Å². The summed E-state index contributed by atoms with van der Waals surface area (Å²) in [7, 11) is 0. The van der Waals surface area contributed by atoms with Crippen molar-refractivity contribution in [2.45, 2.75) is 26.8 Å². The van der Waals surface area contributed by atoms with Gasteiger partial charge in [0.05, 0.1) is 6.07 Å². The maximum absolute atomic E-state index is 9.80. The summed E-state index contributed by atoms with van der Waals surface area (Å²) < 4.78 is 0. The molecule has 0 saturated carbocycles. The molecule has 0 spiro atoms. The molecule has 1 N–H and O–H groups in total. The van der Waals surface area contributed by atoms with Gasteiger partial charge in [0.15, 0.2) is 0 Å². The van der Waals surface area contributed by atoms with E-state index in [-0.39, 0.29) is 11.8 Å². The number of phenols is 1. The first kappa shape index (κ1) is 12.5. The lowest BCUT2D eigenvalue weighted by molar-refractivity contribution is 0.258. The van der Waals surface area contributed by atoms with Crippen LogP contribution in [0.5, 0.6) is 5.75 Å². The van der Waals surface area contributed by atoms with Crippen molar-refractivity contribution in [2.75, 3.05) is 13.1 Å². The van der Waals surface area contributed by atoms with Gasteiger partial charge in [0.2, 0.25) is 0 Å². The third-order valence-corrected chi connectivity index (χ3v) is 2.78. The lowest BCUT2D eigenvalue weighted by Gasteiger charge is -2.25. The number of aryl methyl sites for hydroxylation is 1. The number of hydrogen-bond acceptors (Lipinski definition) is 3. The highest BCUT2D eigenvalue weighted by molar-refractivity contribution is 5.40. The summed E-state index contributed by atoms with van der Waals surface area (Å²) in [6.45, 7) is 7.57. The van der Waals surface area contributed by atoms with Crippen LogP contribution in [0.15, 0.2) is 18.2 Å². The molecule has 0 aliphatic heterocycles. The number of aromatic hydroxyl groups is 1. The van der Waals surface area contributed by atoms with Gasteiger partial charge in [0.1, 0.15) is 11.8 Å². The number of nitriles is 1. The minimum Gasteiger partial charge on any atom is -0.508 e. The highest BCUT2D eigenvalue weighted by Gasteiger charge is 2.20. The van der Waals surface area contributed by atoms with Crippen LogP contribution in [0.3, 0.4) is 0 Å². The number of rotatable bonds is 4. The van der Waals surface area contributed by atoms with E-state index in [9.17, 15) is 10.4 Å². The molecule has 0 aliphatic rings. The van der Waals surface area contributed by atoms with Gasteiger partial charge in [0, 0.05) is 5.56 Å². The number of hydrogen-bond donors (Lipinski definition) is 1. The Morgan fingerprint density at radius 3 is 2.50 bits per heavy atom. The van der Waals surface area contributed by atoms with Crippen molar-refractivity contribution >= 4 is 0 Å². The van der Waals surface area contributed by atoms with Crippen molar-refractivity contribution in [1.29, 1.82) is 5.26 Å². The first-order chi connectivity index (χ1) is 7.63. The maximum Gasteiger partial charge on any atom is 0.127 e. The minimum atomic E-state index is -0.366. The molecule has 86 valence electrons. The lowest BCUT2D eigenvalue weighted by Crippen LogP contribution is -2.27. The Kier molecular flexibility index (Phi) is 4.33. The molecule has 0 heterocycles. The first-order valence-electron chi connectivity index (χ1n) is 5.57. The van der Waals surface area contributed by atoms with Crippen molar-refractivity contribution in [3.8, 4) is 11.8 Å². The van der Waals surface area contributed by atoms with Gasteiger partial charge in [-0.05, 0) is 32.1 Å². The van der Waals surface area contributed by atoms with Crippen LogP contribution in [0, 0.1) is 18.3 Å². The molecule has 0 saturated heterocycles. The average Bonchev–Trinajstić information content (AvgIpc) is 2.29. The molecule has 3 nitrogen and oxygen atoms in total. The lowest BCUT2D eigenvalue weighted by atomic mass is 10.0. The number of phenolic OH excluding ortho intramolecular Hbond substituents is 1. The predicted octanol–water partition coefficient (Wildman–Crippen LogP) is 2.61. The van der Waals surface area contributed by atoms with Gasteiger partial charge in [0.25, 0.3) is 0 Å². The van der Waals surface area contributed by atoms with E-state index in [1.54, 1.807) is 6.07 Å². The molecular weight excluding hydrogens is 200 g/mol. The molecule has 1 aromatic carbocycles. The van der Waals surface area contributed by atoms with Gasteiger partial charge in [-0.15, -0.1) is 0 Å². The zero-order valence-electron chi connectivity index (χ0n) is 10.1. The van der Waals surface area contributed by atoms with Crippen molar-refractivity contribution in [3.63, 3.8) is 0 Å². The third kappa shape index (κ3) is 2.53. The molecule has 0 aromatic heterocycles. The fourth-order valence-electron chi connectivity index (χ4n) is 1.83. The largest absolute Gasteiger partial charge is 0.508 e. The van der Waals surface area contributed by atoms with Crippen molar-refractivity contribution in [2.24, 2.45) is 0 Å². The van der Waals surface area contributed by atoms with E-state index in [0.29, 0.717) is 5.56 Å². The Labute approximate surface area is 96.9 Å². The van der Waals surface area contributed by atoms with Crippen LogP contribution in [-0.2, 0) is 0 Å². The highest BCUT2D eigenvalue weighted by atomic mass is 16.3. The van der Waals surface area contributed by atoms with E-state index in [1.165, 1.54) is 0 Å². The average molecular weight is 218 g/mol. The summed E-state index contributed by atoms with van der Waals surface area (Å²) in [6.07, 6.45) is 0. The normalized spacial score (nSPS) is 12.4. The van der Waals surface area contributed by atoms with Crippen LogP contribution in [0.2, 0.25) is 0 Å².